The normalized spacial score (nSPS) is 34.0. The number of aliphatic hydroxyl groups is 3. The summed E-state index contributed by atoms with van der Waals surface area (Å²) in [4.78, 5) is 42.2. The number of carbonyl (C=O) groups is 3. The number of hydrogen-bond acceptors (Lipinski definition) is 11. The minimum absolute atomic E-state index is 0.00662. The molecule has 3 heterocycles. The van der Waals surface area contributed by atoms with Crippen LogP contribution in [0.25, 0.3) is 0 Å². The molecule has 12 nitrogen and oxygen atoms in total. The Morgan fingerprint density at radius 3 is 2.39 bits per heavy atom. The van der Waals surface area contributed by atoms with Crippen molar-refractivity contribution in [2.75, 3.05) is 26.2 Å². The Morgan fingerprint density at radius 2 is 1.76 bits per heavy atom. The standard InChI is InChI=1S/C42H68N2O10/c1-8-34(51-31(5)45)30(4)39-35(52-39)27-41(6,49)20-13-14-28(2)38-29(3)17-18-36(42(7,50)21-19-33(46)26-37(47)54-38)53-40(48)44-24-22-43(23-25-44)32-15-11-9-10-12-16-32/h13-14,17-18,20,29-30,32-36,38-39,46,49-50H,8-12,15-16,19,21-27H2,1-7H3/b18-17+,20-13+,28-14+/t29-,30?,33-,34?,35+,36-,38+,39+,41?,42-/m0/s1. The quantitative estimate of drug-likeness (QED) is 0.0600. The fourth-order valence-electron chi connectivity index (χ4n) is 8.27. The van der Waals surface area contributed by atoms with Crippen molar-refractivity contribution in [1.29, 1.82) is 0 Å². The van der Waals surface area contributed by atoms with E-state index in [0.717, 1.165) is 13.1 Å². The van der Waals surface area contributed by atoms with Gasteiger partial charge in [0.2, 0.25) is 0 Å². The van der Waals surface area contributed by atoms with Crippen LogP contribution < -0.4 is 0 Å². The second kappa shape index (κ2) is 19.9. The van der Waals surface area contributed by atoms with Gasteiger partial charge in [0.05, 0.1) is 30.3 Å². The highest BCUT2D eigenvalue weighted by Gasteiger charge is 2.48. The number of aliphatic hydroxyl groups excluding tert-OH is 1. The third-order valence-corrected chi connectivity index (χ3v) is 11.8. The molecule has 0 radical (unpaired) electrons. The zero-order valence-electron chi connectivity index (χ0n) is 33.8. The van der Waals surface area contributed by atoms with Crippen molar-refractivity contribution in [2.24, 2.45) is 11.8 Å². The Bertz CT molecular complexity index is 1330. The molecule has 3 N–H and O–H groups in total. The van der Waals surface area contributed by atoms with Gasteiger partial charge in [-0.25, -0.2) is 4.79 Å². The highest BCUT2D eigenvalue weighted by molar-refractivity contribution is 5.70. The van der Waals surface area contributed by atoms with Gasteiger partial charge in [0.25, 0.3) is 0 Å². The molecular weight excluding hydrogens is 692 g/mol. The molecule has 1 saturated carbocycles. The highest BCUT2D eigenvalue weighted by atomic mass is 16.6. The van der Waals surface area contributed by atoms with Crippen molar-refractivity contribution in [3.8, 4) is 0 Å². The summed E-state index contributed by atoms with van der Waals surface area (Å²) in [6.07, 6.45) is 13.4. The number of carbonyl (C=O) groups excluding carboxylic acids is 3. The summed E-state index contributed by atoms with van der Waals surface area (Å²) < 4.78 is 23.2. The van der Waals surface area contributed by atoms with E-state index in [4.69, 9.17) is 18.9 Å². The summed E-state index contributed by atoms with van der Waals surface area (Å²) in [5.41, 5.74) is -1.98. The third-order valence-electron chi connectivity index (χ3n) is 11.8. The lowest BCUT2D eigenvalue weighted by atomic mass is 9.88. The number of ether oxygens (including phenoxy) is 4. The smallest absolute Gasteiger partial charge is 0.410 e. The van der Waals surface area contributed by atoms with Crippen LogP contribution in [0.1, 0.15) is 119 Å². The van der Waals surface area contributed by atoms with Crippen LogP contribution in [0.15, 0.2) is 36.0 Å². The first-order chi connectivity index (χ1) is 25.5. The molecule has 3 aliphatic heterocycles. The molecule has 3 fully saturated rings. The van der Waals surface area contributed by atoms with Gasteiger partial charge in [-0.3, -0.25) is 14.5 Å². The van der Waals surface area contributed by atoms with Gasteiger partial charge in [-0.1, -0.05) is 70.8 Å². The van der Waals surface area contributed by atoms with Crippen molar-refractivity contribution < 1.29 is 48.7 Å². The number of hydrogen-bond donors (Lipinski definition) is 3. The fraction of sp³-hybridized carbons (Fsp3) is 0.786. The van der Waals surface area contributed by atoms with Crippen LogP contribution in [0.4, 0.5) is 4.79 Å². The van der Waals surface area contributed by atoms with Crippen molar-refractivity contribution in [2.45, 2.75) is 173 Å². The van der Waals surface area contributed by atoms with E-state index in [9.17, 15) is 29.7 Å². The molecule has 1 amide bonds. The maximum absolute atomic E-state index is 13.5. The van der Waals surface area contributed by atoms with Crippen LogP contribution >= 0.6 is 0 Å². The van der Waals surface area contributed by atoms with Crippen molar-refractivity contribution in [1.82, 2.24) is 9.80 Å². The van der Waals surface area contributed by atoms with Crippen LogP contribution in [0.5, 0.6) is 0 Å². The molecule has 0 spiro atoms. The molecule has 4 aliphatic rings. The summed E-state index contributed by atoms with van der Waals surface area (Å²) in [7, 11) is 0. The predicted octanol–water partition coefficient (Wildman–Crippen LogP) is 5.62. The number of nitrogens with zero attached hydrogens (tertiary/aromatic N) is 2. The Labute approximate surface area is 322 Å². The molecule has 54 heavy (non-hydrogen) atoms. The number of amides is 1. The monoisotopic (exact) mass is 760 g/mol. The minimum Gasteiger partial charge on any atom is -0.462 e. The van der Waals surface area contributed by atoms with E-state index in [-0.39, 0.29) is 55.4 Å². The number of allylic oxidation sites excluding steroid dienone is 2. The second-order valence-electron chi connectivity index (χ2n) is 16.8. The summed E-state index contributed by atoms with van der Waals surface area (Å²) in [5, 5.41) is 33.5. The molecule has 2 saturated heterocycles. The largest absolute Gasteiger partial charge is 0.462 e. The van der Waals surface area contributed by atoms with Gasteiger partial charge in [-0.15, -0.1) is 0 Å². The van der Waals surface area contributed by atoms with E-state index < -0.39 is 41.6 Å². The summed E-state index contributed by atoms with van der Waals surface area (Å²) >= 11 is 0. The van der Waals surface area contributed by atoms with Gasteiger partial charge in [-0.2, -0.15) is 0 Å². The van der Waals surface area contributed by atoms with Crippen molar-refractivity contribution >= 4 is 18.0 Å². The maximum Gasteiger partial charge on any atom is 0.410 e. The SMILES string of the molecule is CCC(OC(C)=O)C(C)[C@H]1O[C@@H]1CC(C)(O)/C=C/C=C(\C)[C@H]1OC(=O)C[C@@H](O)CC[C@](C)(O)[C@@H](OC(=O)N2CCN(C3CCCCCC3)CC2)/C=C/[C@@H]1C. The molecule has 306 valence electrons. The Hall–Kier alpha value is -2.77. The predicted molar refractivity (Wildman–Crippen MR) is 205 cm³/mol. The van der Waals surface area contributed by atoms with Crippen LogP contribution in [0, 0.1) is 11.8 Å². The van der Waals surface area contributed by atoms with Crippen LogP contribution in [-0.2, 0) is 28.5 Å². The zero-order valence-corrected chi connectivity index (χ0v) is 33.8. The third kappa shape index (κ3) is 13.2. The van der Waals surface area contributed by atoms with Gasteiger partial charge in [0.15, 0.2) is 6.10 Å². The molecular formula is C42H68N2O10. The first-order valence-electron chi connectivity index (χ1n) is 20.4. The molecule has 0 aromatic rings. The lowest BCUT2D eigenvalue weighted by Gasteiger charge is -2.40. The fourth-order valence-corrected chi connectivity index (χ4v) is 8.27. The number of piperazine rings is 1. The molecule has 0 bridgehead atoms. The maximum atomic E-state index is 13.5. The number of epoxide rings is 1. The first-order valence-corrected chi connectivity index (χ1v) is 20.4. The topological polar surface area (TPSA) is 159 Å². The molecule has 0 aromatic carbocycles. The Balaban J connectivity index is 1.41. The highest BCUT2D eigenvalue weighted by Crippen LogP contribution is 2.38. The molecule has 10 atom stereocenters. The minimum atomic E-state index is -1.49. The van der Waals surface area contributed by atoms with Gasteiger partial charge in [-0.05, 0) is 64.5 Å². The lowest BCUT2D eigenvalue weighted by Crippen LogP contribution is -2.53. The van der Waals surface area contributed by atoms with E-state index >= 15 is 0 Å². The molecule has 1 aliphatic carbocycles. The van der Waals surface area contributed by atoms with Crippen LogP contribution in [0.3, 0.4) is 0 Å². The number of cyclic esters (lactones) is 1. The number of esters is 2. The summed E-state index contributed by atoms with van der Waals surface area (Å²) in [5.74, 6) is -1.28. The van der Waals surface area contributed by atoms with Crippen molar-refractivity contribution in [3.63, 3.8) is 0 Å². The Morgan fingerprint density at radius 1 is 1.09 bits per heavy atom. The van der Waals surface area contributed by atoms with E-state index in [0.29, 0.717) is 37.5 Å². The van der Waals surface area contributed by atoms with Crippen LogP contribution in [0.2, 0.25) is 0 Å². The Kier molecular flexibility index (Phi) is 16.2. The summed E-state index contributed by atoms with van der Waals surface area (Å²) in [6.45, 7) is 15.1. The average Bonchev–Trinajstić information content (AvgIpc) is 3.92. The van der Waals surface area contributed by atoms with Gasteiger partial charge in [0, 0.05) is 57.4 Å². The van der Waals surface area contributed by atoms with Gasteiger partial charge < -0.3 is 39.2 Å². The van der Waals surface area contributed by atoms with Gasteiger partial charge in [0.1, 0.15) is 17.8 Å². The van der Waals surface area contributed by atoms with E-state index in [1.807, 2.05) is 27.7 Å². The molecule has 0 aromatic heterocycles. The molecule has 3 unspecified atom stereocenters. The lowest BCUT2D eigenvalue weighted by molar-refractivity contribution is -0.152. The first kappa shape index (κ1) is 44.0. The van der Waals surface area contributed by atoms with Crippen LogP contribution in [-0.4, -0.2) is 123 Å². The molecule has 12 heteroatoms. The molecule has 4 rings (SSSR count). The number of rotatable bonds is 11. The zero-order chi connectivity index (χ0) is 39.6. The van der Waals surface area contributed by atoms with Gasteiger partial charge >= 0.3 is 18.0 Å². The van der Waals surface area contributed by atoms with E-state index in [2.05, 4.69) is 4.90 Å². The van der Waals surface area contributed by atoms with Crippen molar-refractivity contribution in [3.05, 3.63) is 36.0 Å². The summed E-state index contributed by atoms with van der Waals surface area (Å²) in [6, 6.07) is 0.575. The average molecular weight is 761 g/mol. The second-order valence-corrected chi connectivity index (χ2v) is 16.8. The van der Waals surface area contributed by atoms with E-state index in [1.165, 1.54) is 45.4 Å². The van der Waals surface area contributed by atoms with E-state index in [1.54, 1.807) is 49.1 Å².